The fraction of sp³-hybridized carbons (Fsp3) is 0.419. The quantitative estimate of drug-likeness (QED) is 0.234. The molecule has 3 heterocycles. The van der Waals surface area contributed by atoms with Gasteiger partial charge in [-0.1, -0.05) is 25.1 Å². The van der Waals surface area contributed by atoms with Gasteiger partial charge in [0, 0.05) is 62.4 Å². The number of aromatic hydroxyl groups is 1. The van der Waals surface area contributed by atoms with Crippen LogP contribution >= 0.6 is 11.3 Å². The molecule has 1 N–H and O–H groups in total. The van der Waals surface area contributed by atoms with Gasteiger partial charge in [0.1, 0.15) is 4.21 Å². The van der Waals surface area contributed by atoms with E-state index in [2.05, 4.69) is 22.8 Å². The molecule has 5 rings (SSSR count). The molecule has 0 unspecified atom stereocenters. The number of rotatable bonds is 12. The molecule has 1 aliphatic heterocycles. The van der Waals surface area contributed by atoms with Crippen LogP contribution in [0.5, 0.6) is 17.4 Å². The molecule has 2 aromatic carbocycles. The van der Waals surface area contributed by atoms with Crippen LogP contribution in [-0.4, -0.2) is 87.8 Å². The van der Waals surface area contributed by atoms with Crippen LogP contribution in [0.4, 0.5) is 5.69 Å². The van der Waals surface area contributed by atoms with Crippen LogP contribution in [0, 0.1) is 0 Å². The van der Waals surface area contributed by atoms with Crippen molar-refractivity contribution in [3.8, 4) is 17.4 Å². The maximum absolute atomic E-state index is 13.0. The highest BCUT2D eigenvalue weighted by Crippen LogP contribution is 2.41. The van der Waals surface area contributed by atoms with Crippen molar-refractivity contribution in [2.45, 2.75) is 30.0 Å². The number of methoxy groups -OCH3 is 2. The van der Waals surface area contributed by atoms with E-state index in [1.165, 1.54) is 15.6 Å². The van der Waals surface area contributed by atoms with E-state index < -0.39 is 10.0 Å². The summed E-state index contributed by atoms with van der Waals surface area (Å²) in [6.45, 7) is 7.47. The highest BCUT2D eigenvalue weighted by Gasteiger charge is 2.26. The first-order chi connectivity index (χ1) is 20.3. The normalized spacial score (nSPS) is 15.4. The molecule has 1 atom stereocenters. The fourth-order valence-electron chi connectivity index (χ4n) is 5.76. The second-order valence-electron chi connectivity index (χ2n) is 10.6. The minimum atomic E-state index is -3.55. The van der Waals surface area contributed by atoms with E-state index in [4.69, 9.17) is 9.47 Å². The monoisotopic (exact) mass is 612 g/mol. The van der Waals surface area contributed by atoms with Crippen LogP contribution in [0.1, 0.15) is 31.4 Å². The summed E-state index contributed by atoms with van der Waals surface area (Å²) >= 11 is 1.22. The molecule has 1 saturated heterocycles. The molecule has 4 aromatic rings. The number of likely N-dealkylation sites (N-methyl/N-ethyl adjacent to an activating group) is 1. The molecule has 0 aliphatic carbocycles. The minimum absolute atomic E-state index is 0.193. The highest BCUT2D eigenvalue weighted by atomic mass is 32.2. The molecule has 2 aromatic heterocycles. The van der Waals surface area contributed by atoms with E-state index >= 15 is 0 Å². The first-order valence-electron chi connectivity index (χ1n) is 14.3. The number of piperazine rings is 1. The van der Waals surface area contributed by atoms with E-state index in [0.29, 0.717) is 35.1 Å². The zero-order chi connectivity index (χ0) is 29.9. The Morgan fingerprint density at radius 2 is 1.76 bits per heavy atom. The van der Waals surface area contributed by atoms with Gasteiger partial charge < -0.3 is 28.9 Å². The number of hydrogen-bond acceptors (Lipinski definition) is 8. The van der Waals surface area contributed by atoms with Crippen LogP contribution in [0.15, 0.2) is 64.3 Å². The minimum Gasteiger partial charge on any atom is -0.494 e. The van der Waals surface area contributed by atoms with Gasteiger partial charge in [-0.25, -0.2) is 12.7 Å². The SMILES string of the molecule is CCN1CCN(c2cccc3c(O)n([C@H](CCCN(C)S(=O)(=O)c4cccs4)c4ccc(OC)c(OC)c4)cc23)CC1. The number of sulfonamides is 1. The molecular formula is C31H40N4O5S2. The van der Waals surface area contributed by atoms with Crippen molar-refractivity contribution in [1.29, 1.82) is 0 Å². The van der Waals surface area contributed by atoms with Crippen molar-refractivity contribution in [2.75, 3.05) is 65.4 Å². The number of anilines is 1. The van der Waals surface area contributed by atoms with Crippen LogP contribution in [0.3, 0.4) is 0 Å². The van der Waals surface area contributed by atoms with Crippen LogP contribution in [0.25, 0.3) is 10.8 Å². The van der Waals surface area contributed by atoms with Gasteiger partial charge in [-0.3, -0.25) is 0 Å². The summed E-state index contributed by atoms with van der Waals surface area (Å²) in [4.78, 5) is 4.84. The first kappa shape index (κ1) is 30.2. The van der Waals surface area contributed by atoms with Gasteiger partial charge in [-0.15, -0.1) is 11.3 Å². The van der Waals surface area contributed by atoms with Gasteiger partial charge in [0.05, 0.1) is 20.3 Å². The number of aromatic nitrogens is 1. The van der Waals surface area contributed by atoms with Crippen molar-refractivity contribution < 1.29 is 23.0 Å². The van der Waals surface area contributed by atoms with Crippen LogP contribution in [-0.2, 0) is 10.0 Å². The number of benzene rings is 2. The van der Waals surface area contributed by atoms with E-state index in [1.54, 1.807) is 38.8 Å². The summed E-state index contributed by atoms with van der Waals surface area (Å²) in [5.41, 5.74) is 2.05. The number of hydrogen-bond donors (Lipinski definition) is 1. The smallest absolute Gasteiger partial charge is 0.252 e. The standard InChI is InChI=1S/C31H40N4O5S2/c1-5-33-16-18-34(19-17-33)27-10-6-9-24-25(27)22-35(31(24)36)26(23-13-14-28(39-3)29(21-23)40-4)11-7-15-32(2)42(37,38)30-12-8-20-41-30/h6,8-10,12-14,20-22,26,36H,5,7,11,15-19H2,1-4H3/t26-/m1/s1. The molecule has 0 radical (unpaired) electrons. The molecule has 11 heteroatoms. The Kier molecular flexibility index (Phi) is 9.32. The predicted molar refractivity (Wildman–Crippen MR) is 169 cm³/mol. The van der Waals surface area contributed by atoms with E-state index in [0.717, 1.165) is 54.7 Å². The molecule has 42 heavy (non-hydrogen) atoms. The van der Waals surface area contributed by atoms with Gasteiger partial charge in [0.2, 0.25) is 0 Å². The number of nitrogens with zero attached hydrogens (tertiary/aromatic N) is 4. The van der Waals surface area contributed by atoms with E-state index in [9.17, 15) is 13.5 Å². The number of fused-ring (bicyclic) bond motifs is 1. The Morgan fingerprint density at radius 3 is 2.43 bits per heavy atom. The lowest BCUT2D eigenvalue weighted by molar-refractivity contribution is 0.271. The molecule has 1 aliphatic rings. The van der Waals surface area contributed by atoms with Crippen molar-refractivity contribution in [3.05, 3.63) is 65.7 Å². The van der Waals surface area contributed by atoms with Crippen molar-refractivity contribution in [2.24, 2.45) is 0 Å². The second kappa shape index (κ2) is 12.9. The fourth-order valence-corrected chi connectivity index (χ4v) is 8.17. The molecular weight excluding hydrogens is 572 g/mol. The molecule has 0 spiro atoms. The molecule has 0 saturated carbocycles. The third-order valence-corrected chi connectivity index (χ3v) is 11.5. The Labute approximate surface area is 252 Å². The van der Waals surface area contributed by atoms with Crippen LogP contribution in [0.2, 0.25) is 0 Å². The molecule has 0 amide bonds. The number of ether oxygens (including phenoxy) is 2. The van der Waals surface area contributed by atoms with Gasteiger partial charge in [0.15, 0.2) is 17.4 Å². The third kappa shape index (κ3) is 5.96. The Morgan fingerprint density at radius 1 is 1.00 bits per heavy atom. The average molecular weight is 613 g/mol. The Balaban J connectivity index is 1.48. The van der Waals surface area contributed by atoms with Gasteiger partial charge in [0.25, 0.3) is 10.0 Å². The van der Waals surface area contributed by atoms with E-state index in [1.807, 2.05) is 41.1 Å². The molecule has 1 fully saturated rings. The summed E-state index contributed by atoms with van der Waals surface area (Å²) in [5.74, 6) is 1.42. The van der Waals surface area contributed by atoms with Crippen LogP contribution < -0.4 is 14.4 Å². The van der Waals surface area contributed by atoms with Gasteiger partial charge >= 0.3 is 0 Å². The highest BCUT2D eigenvalue weighted by molar-refractivity contribution is 7.91. The number of thiophene rings is 1. The first-order valence-corrected chi connectivity index (χ1v) is 16.6. The summed E-state index contributed by atoms with van der Waals surface area (Å²) in [6, 6.07) is 15.0. The maximum atomic E-state index is 13.0. The lowest BCUT2D eigenvalue weighted by Gasteiger charge is -2.35. The third-order valence-electron chi connectivity index (χ3n) is 8.24. The molecule has 9 nitrogen and oxygen atoms in total. The Hall–Kier alpha value is -3.25. The summed E-state index contributed by atoms with van der Waals surface area (Å²) in [6.07, 6.45) is 3.22. The predicted octanol–water partition coefficient (Wildman–Crippen LogP) is 5.26. The van der Waals surface area contributed by atoms with Gasteiger partial charge in [-0.2, -0.15) is 0 Å². The lowest BCUT2D eigenvalue weighted by Crippen LogP contribution is -2.46. The van der Waals surface area contributed by atoms with Crippen molar-refractivity contribution in [1.82, 2.24) is 13.8 Å². The summed E-state index contributed by atoms with van der Waals surface area (Å²) in [5, 5.41) is 15.2. The zero-order valence-corrected chi connectivity index (χ0v) is 26.3. The topological polar surface area (TPSA) is 87.5 Å². The van der Waals surface area contributed by atoms with Crippen molar-refractivity contribution in [3.63, 3.8) is 0 Å². The largest absolute Gasteiger partial charge is 0.494 e. The molecule has 0 bridgehead atoms. The average Bonchev–Trinajstić information content (AvgIpc) is 3.68. The summed E-state index contributed by atoms with van der Waals surface area (Å²) in [7, 11) is 1.28. The zero-order valence-electron chi connectivity index (χ0n) is 24.7. The Bertz CT molecular complexity index is 1600. The summed E-state index contributed by atoms with van der Waals surface area (Å²) < 4.78 is 40.8. The second-order valence-corrected chi connectivity index (χ2v) is 13.8. The van der Waals surface area contributed by atoms with Gasteiger partial charge in [-0.05, 0) is 60.7 Å². The maximum Gasteiger partial charge on any atom is 0.252 e. The molecule has 226 valence electrons. The van der Waals surface area contributed by atoms with Crippen molar-refractivity contribution >= 4 is 37.8 Å². The van der Waals surface area contributed by atoms with E-state index in [-0.39, 0.29) is 11.9 Å². The lowest BCUT2D eigenvalue weighted by atomic mass is 10.0.